The number of piperidine rings is 1. The molecule has 1 saturated carbocycles. The molecule has 3 rings (SSSR count). The van der Waals surface area contributed by atoms with E-state index in [-0.39, 0.29) is 5.91 Å². The third-order valence-electron chi connectivity index (χ3n) is 4.91. The third kappa shape index (κ3) is 3.46. The lowest BCUT2D eigenvalue weighted by Crippen LogP contribution is -2.49. The largest absolute Gasteiger partial charge is 0.325 e. The van der Waals surface area contributed by atoms with Gasteiger partial charge in [0.15, 0.2) is 11.6 Å². The third-order valence-corrected chi connectivity index (χ3v) is 4.91. The van der Waals surface area contributed by atoms with Crippen molar-refractivity contribution in [2.24, 2.45) is 5.92 Å². The maximum Gasteiger partial charge on any atom is 0.238 e. The minimum absolute atomic E-state index is 0.155. The van der Waals surface area contributed by atoms with Crippen LogP contribution in [-0.4, -0.2) is 29.9 Å². The molecule has 0 bridgehead atoms. The van der Waals surface area contributed by atoms with Crippen LogP contribution in [0.3, 0.4) is 0 Å². The number of benzene rings is 1. The van der Waals surface area contributed by atoms with Crippen molar-refractivity contribution in [1.29, 1.82) is 0 Å². The van der Waals surface area contributed by atoms with Crippen molar-refractivity contribution in [3.05, 3.63) is 29.8 Å². The lowest BCUT2D eigenvalue weighted by molar-refractivity contribution is -0.118. The first kappa shape index (κ1) is 15.4. The smallest absolute Gasteiger partial charge is 0.238 e. The molecule has 2 fully saturated rings. The van der Waals surface area contributed by atoms with E-state index in [1.54, 1.807) is 0 Å². The van der Waals surface area contributed by atoms with Gasteiger partial charge in [0.05, 0.1) is 6.54 Å². The van der Waals surface area contributed by atoms with Crippen LogP contribution in [0.2, 0.25) is 0 Å². The highest BCUT2D eigenvalue weighted by Crippen LogP contribution is 2.35. The molecule has 1 heterocycles. The second-order valence-electron chi connectivity index (χ2n) is 6.40. The predicted octanol–water partition coefficient (Wildman–Crippen LogP) is 3.56. The summed E-state index contributed by atoms with van der Waals surface area (Å²) in [5, 5.41) is 2.67. The number of nitrogens with zero attached hydrogens (tertiary/aromatic N) is 1. The lowest BCUT2D eigenvalue weighted by atomic mass is 9.78. The molecule has 1 aromatic rings. The van der Waals surface area contributed by atoms with E-state index in [0.717, 1.165) is 31.0 Å². The highest BCUT2D eigenvalue weighted by Gasteiger charge is 2.33. The lowest BCUT2D eigenvalue weighted by Gasteiger charge is -2.43. The summed E-state index contributed by atoms with van der Waals surface area (Å²) in [7, 11) is 0. The summed E-state index contributed by atoms with van der Waals surface area (Å²) in [6.07, 6.45) is 7.39. The monoisotopic (exact) mass is 308 g/mol. The van der Waals surface area contributed by atoms with Crippen molar-refractivity contribution in [3.8, 4) is 0 Å². The standard InChI is InChI=1S/C17H22F2N2O/c18-14-8-7-13(10-15(14)19)20-17(22)11-21-9-3-5-12-4-1-2-6-16(12)21/h7-8,10,12,16H,1-6,9,11H2,(H,20,22)/t12-,16+/m1/s1. The Morgan fingerprint density at radius 1 is 1.14 bits per heavy atom. The molecule has 120 valence electrons. The number of anilines is 1. The molecule has 1 amide bonds. The maximum absolute atomic E-state index is 13.2. The number of nitrogens with one attached hydrogen (secondary N) is 1. The van der Waals surface area contributed by atoms with Gasteiger partial charge in [-0.1, -0.05) is 12.8 Å². The minimum Gasteiger partial charge on any atom is -0.325 e. The molecule has 1 aliphatic carbocycles. The highest BCUT2D eigenvalue weighted by molar-refractivity contribution is 5.92. The number of likely N-dealkylation sites (tertiary alicyclic amines) is 1. The Kier molecular flexibility index (Phi) is 4.71. The van der Waals surface area contributed by atoms with E-state index in [2.05, 4.69) is 10.2 Å². The molecule has 0 aromatic heterocycles. The SMILES string of the molecule is O=C(CN1CCC[C@H]2CCCC[C@@H]21)Nc1ccc(F)c(F)c1. The van der Waals surface area contributed by atoms with E-state index in [9.17, 15) is 13.6 Å². The van der Waals surface area contributed by atoms with Gasteiger partial charge in [-0.3, -0.25) is 9.69 Å². The Bertz CT molecular complexity index is 547. The number of amides is 1. The van der Waals surface area contributed by atoms with Crippen LogP contribution >= 0.6 is 0 Å². The predicted molar refractivity (Wildman–Crippen MR) is 81.5 cm³/mol. The quantitative estimate of drug-likeness (QED) is 0.926. The minimum atomic E-state index is -0.942. The zero-order chi connectivity index (χ0) is 15.5. The number of carbonyl (C=O) groups excluding carboxylic acids is 1. The van der Waals surface area contributed by atoms with E-state index in [4.69, 9.17) is 0 Å². The molecule has 2 aliphatic rings. The zero-order valence-electron chi connectivity index (χ0n) is 12.7. The van der Waals surface area contributed by atoms with E-state index >= 15 is 0 Å². The highest BCUT2D eigenvalue weighted by atomic mass is 19.2. The normalized spacial score (nSPS) is 25.5. The van der Waals surface area contributed by atoms with E-state index in [1.165, 1.54) is 38.2 Å². The van der Waals surface area contributed by atoms with Gasteiger partial charge in [0.25, 0.3) is 0 Å². The van der Waals surface area contributed by atoms with Gasteiger partial charge in [-0.15, -0.1) is 0 Å². The maximum atomic E-state index is 13.2. The molecule has 0 spiro atoms. The van der Waals surface area contributed by atoms with Crippen LogP contribution in [0.5, 0.6) is 0 Å². The van der Waals surface area contributed by atoms with Gasteiger partial charge in [-0.25, -0.2) is 8.78 Å². The Morgan fingerprint density at radius 3 is 2.73 bits per heavy atom. The van der Waals surface area contributed by atoms with Crippen molar-refractivity contribution < 1.29 is 13.6 Å². The summed E-state index contributed by atoms with van der Waals surface area (Å²) in [6.45, 7) is 1.28. The van der Waals surface area contributed by atoms with Gasteiger partial charge in [0.2, 0.25) is 5.91 Å². The Labute approximate surface area is 129 Å². The first-order valence-corrected chi connectivity index (χ1v) is 8.12. The zero-order valence-corrected chi connectivity index (χ0v) is 12.7. The van der Waals surface area contributed by atoms with E-state index in [1.807, 2.05) is 0 Å². The summed E-state index contributed by atoms with van der Waals surface area (Å²) in [5.74, 6) is -1.28. The van der Waals surface area contributed by atoms with Crippen LogP contribution in [0.15, 0.2) is 18.2 Å². The molecule has 1 aliphatic heterocycles. The summed E-state index contributed by atoms with van der Waals surface area (Å²) in [4.78, 5) is 14.4. The number of hydrogen-bond acceptors (Lipinski definition) is 2. The molecule has 0 radical (unpaired) electrons. The fourth-order valence-corrected chi connectivity index (χ4v) is 3.88. The van der Waals surface area contributed by atoms with Crippen molar-refractivity contribution in [3.63, 3.8) is 0 Å². The van der Waals surface area contributed by atoms with Gasteiger partial charge in [-0.2, -0.15) is 0 Å². The molecule has 2 atom stereocenters. The van der Waals surface area contributed by atoms with E-state index in [0.29, 0.717) is 18.3 Å². The van der Waals surface area contributed by atoms with Gasteiger partial charge < -0.3 is 5.32 Å². The second-order valence-corrected chi connectivity index (χ2v) is 6.40. The first-order valence-electron chi connectivity index (χ1n) is 8.12. The molecule has 1 aromatic carbocycles. The van der Waals surface area contributed by atoms with Crippen molar-refractivity contribution in [2.75, 3.05) is 18.4 Å². The average Bonchev–Trinajstić information content (AvgIpc) is 2.51. The van der Waals surface area contributed by atoms with Crippen LogP contribution in [0.25, 0.3) is 0 Å². The molecule has 22 heavy (non-hydrogen) atoms. The number of carbonyl (C=O) groups is 1. The van der Waals surface area contributed by atoms with Crippen LogP contribution in [0, 0.1) is 17.6 Å². The first-order chi connectivity index (χ1) is 10.6. The van der Waals surface area contributed by atoms with Crippen LogP contribution < -0.4 is 5.32 Å². The second kappa shape index (κ2) is 6.73. The van der Waals surface area contributed by atoms with Crippen molar-refractivity contribution >= 4 is 11.6 Å². The molecule has 5 heteroatoms. The van der Waals surface area contributed by atoms with Crippen LogP contribution in [0.4, 0.5) is 14.5 Å². The van der Waals surface area contributed by atoms with Gasteiger partial charge in [0, 0.05) is 17.8 Å². The molecular weight excluding hydrogens is 286 g/mol. The summed E-state index contributed by atoms with van der Waals surface area (Å²) in [6, 6.07) is 3.95. The topological polar surface area (TPSA) is 32.3 Å². The van der Waals surface area contributed by atoms with Crippen LogP contribution in [-0.2, 0) is 4.79 Å². The number of fused-ring (bicyclic) bond motifs is 1. The Hall–Kier alpha value is -1.49. The van der Waals surface area contributed by atoms with Crippen molar-refractivity contribution in [1.82, 2.24) is 4.90 Å². The fourth-order valence-electron chi connectivity index (χ4n) is 3.88. The van der Waals surface area contributed by atoms with E-state index < -0.39 is 11.6 Å². The Morgan fingerprint density at radius 2 is 1.91 bits per heavy atom. The Balaban J connectivity index is 1.59. The molecule has 1 N–H and O–H groups in total. The molecule has 3 nitrogen and oxygen atoms in total. The number of hydrogen-bond donors (Lipinski definition) is 1. The van der Waals surface area contributed by atoms with Crippen LogP contribution in [0.1, 0.15) is 38.5 Å². The average molecular weight is 308 g/mol. The molecule has 0 unspecified atom stereocenters. The number of rotatable bonds is 3. The number of halogens is 2. The van der Waals surface area contributed by atoms with Gasteiger partial charge >= 0.3 is 0 Å². The fraction of sp³-hybridized carbons (Fsp3) is 0.588. The molecular formula is C17H22F2N2O. The summed E-state index contributed by atoms with van der Waals surface area (Å²) < 4.78 is 26.1. The summed E-state index contributed by atoms with van der Waals surface area (Å²) in [5.41, 5.74) is 0.307. The summed E-state index contributed by atoms with van der Waals surface area (Å²) >= 11 is 0. The van der Waals surface area contributed by atoms with Gasteiger partial charge in [0.1, 0.15) is 0 Å². The molecule has 1 saturated heterocycles. The van der Waals surface area contributed by atoms with Gasteiger partial charge in [-0.05, 0) is 50.3 Å². The van der Waals surface area contributed by atoms with Crippen molar-refractivity contribution in [2.45, 2.75) is 44.6 Å².